The Morgan fingerprint density at radius 3 is 2.71 bits per heavy atom. The molecule has 2 aliphatic carbocycles. The average molecular weight is 578 g/mol. The predicted molar refractivity (Wildman–Crippen MR) is 159 cm³/mol. The van der Waals surface area contributed by atoms with E-state index >= 15 is 0 Å². The molecule has 41 heavy (non-hydrogen) atoms. The molecule has 2 aromatic heterocycles. The third-order valence-electron chi connectivity index (χ3n) is 9.40. The number of pyridine rings is 1. The summed E-state index contributed by atoms with van der Waals surface area (Å²) in [5.74, 6) is 1.21. The van der Waals surface area contributed by atoms with Crippen LogP contribution in [0.1, 0.15) is 19.3 Å². The van der Waals surface area contributed by atoms with Gasteiger partial charge in [0.25, 0.3) is 0 Å². The van der Waals surface area contributed by atoms with Crippen LogP contribution in [0.4, 0.5) is 11.4 Å². The van der Waals surface area contributed by atoms with Gasteiger partial charge in [0.2, 0.25) is 5.91 Å². The summed E-state index contributed by atoms with van der Waals surface area (Å²) in [7, 11) is 1.69. The monoisotopic (exact) mass is 577 g/mol. The molecular weight excluding hydrogens is 542 g/mol. The van der Waals surface area contributed by atoms with Gasteiger partial charge in [-0.2, -0.15) is 0 Å². The predicted octanol–water partition coefficient (Wildman–Crippen LogP) is 3.68. The Kier molecular flexibility index (Phi) is 7.00. The number of nitrogens with one attached hydrogen (secondary N) is 2. The van der Waals surface area contributed by atoms with Crippen LogP contribution in [-0.2, 0) is 9.53 Å². The fraction of sp³-hybridized carbons (Fsp3) is 0.500. The molecule has 4 heterocycles. The number of nitrogens with two attached hydrogens (primary N) is 1. The van der Waals surface area contributed by atoms with Crippen LogP contribution < -0.4 is 20.7 Å². The van der Waals surface area contributed by atoms with Crippen LogP contribution in [0.2, 0.25) is 5.02 Å². The molecule has 2 bridgehead atoms. The Labute approximate surface area is 244 Å². The topological polar surface area (TPSA) is 122 Å². The summed E-state index contributed by atoms with van der Waals surface area (Å²) in [6.07, 6.45) is 9.08. The SMILES string of the molecule is COc1cc(N2CCC(N3CCOCC3)CC2)ccc1-c1nc2ncc(Cl)c(N[C@H]3[C@@H](C(N)=O)[C@@H]4C=C[C@@H]3C4)c2[nH]1. The third kappa shape index (κ3) is 4.81. The van der Waals surface area contributed by atoms with Crippen molar-refractivity contribution in [2.75, 3.05) is 56.7 Å². The van der Waals surface area contributed by atoms with E-state index in [0.717, 1.165) is 75.7 Å². The Bertz CT molecular complexity index is 1480. The smallest absolute Gasteiger partial charge is 0.223 e. The minimum atomic E-state index is -0.291. The van der Waals surface area contributed by atoms with Gasteiger partial charge >= 0.3 is 0 Å². The highest BCUT2D eigenvalue weighted by Gasteiger charge is 2.47. The highest BCUT2D eigenvalue weighted by Crippen LogP contribution is 2.46. The largest absolute Gasteiger partial charge is 0.496 e. The lowest BCUT2D eigenvalue weighted by Gasteiger charge is -2.40. The first-order valence-electron chi connectivity index (χ1n) is 14.5. The average Bonchev–Trinajstić information content (AvgIpc) is 3.74. The van der Waals surface area contributed by atoms with Crippen molar-refractivity contribution in [3.8, 4) is 17.1 Å². The lowest BCUT2D eigenvalue weighted by Crippen LogP contribution is -2.49. The number of aromatic amines is 1. The number of morpholine rings is 1. The van der Waals surface area contributed by atoms with E-state index in [9.17, 15) is 4.79 Å². The van der Waals surface area contributed by atoms with Crippen LogP contribution in [0, 0.1) is 17.8 Å². The molecule has 2 saturated heterocycles. The summed E-state index contributed by atoms with van der Waals surface area (Å²) in [6, 6.07) is 6.79. The minimum absolute atomic E-state index is 0.126. The van der Waals surface area contributed by atoms with E-state index < -0.39 is 0 Å². The molecule has 216 valence electrons. The first kappa shape index (κ1) is 26.6. The second kappa shape index (κ2) is 10.8. The van der Waals surface area contributed by atoms with Gasteiger partial charge in [-0.1, -0.05) is 23.8 Å². The van der Waals surface area contributed by atoms with Crippen LogP contribution in [0.5, 0.6) is 5.75 Å². The van der Waals surface area contributed by atoms with Gasteiger partial charge in [0.1, 0.15) is 17.1 Å². The number of aromatic nitrogens is 3. The number of fused-ring (bicyclic) bond motifs is 3. The van der Waals surface area contributed by atoms with Crippen molar-refractivity contribution < 1.29 is 14.3 Å². The first-order chi connectivity index (χ1) is 20.0. The second-order valence-corrected chi connectivity index (χ2v) is 12.0. The van der Waals surface area contributed by atoms with E-state index in [2.05, 4.69) is 55.4 Å². The number of benzene rings is 1. The van der Waals surface area contributed by atoms with E-state index in [1.54, 1.807) is 13.3 Å². The summed E-state index contributed by atoms with van der Waals surface area (Å²) in [6.45, 7) is 5.77. The molecule has 0 radical (unpaired) electrons. The molecule has 2 aliphatic heterocycles. The number of imidazole rings is 1. The molecular formula is C30H36ClN7O3. The Balaban J connectivity index is 1.13. The van der Waals surface area contributed by atoms with Gasteiger partial charge in [0, 0.05) is 50.0 Å². The summed E-state index contributed by atoms with van der Waals surface area (Å²) in [4.78, 5) is 30.0. The molecule has 4 aliphatic rings. The summed E-state index contributed by atoms with van der Waals surface area (Å²) in [5.41, 5.74) is 9.71. The molecule has 4 atom stereocenters. The maximum Gasteiger partial charge on any atom is 0.223 e. The Hall–Kier alpha value is -3.34. The number of H-pyrrole nitrogens is 1. The number of rotatable bonds is 7. The number of amides is 1. The number of hydrogen-bond donors (Lipinski definition) is 3. The summed E-state index contributed by atoms with van der Waals surface area (Å²) in [5, 5.41) is 4.01. The quantitative estimate of drug-likeness (QED) is 0.364. The maximum atomic E-state index is 12.3. The van der Waals surface area contributed by atoms with Crippen molar-refractivity contribution in [1.82, 2.24) is 19.9 Å². The fourth-order valence-corrected chi connectivity index (χ4v) is 7.48. The van der Waals surface area contributed by atoms with Crippen LogP contribution >= 0.6 is 11.6 Å². The zero-order chi connectivity index (χ0) is 28.1. The highest BCUT2D eigenvalue weighted by molar-refractivity contribution is 6.34. The summed E-state index contributed by atoms with van der Waals surface area (Å²) < 4.78 is 11.4. The van der Waals surface area contributed by atoms with Gasteiger partial charge in [-0.05, 0) is 43.2 Å². The number of halogens is 1. The van der Waals surface area contributed by atoms with Crippen molar-refractivity contribution >= 4 is 40.0 Å². The molecule has 11 heteroatoms. The van der Waals surface area contributed by atoms with Crippen molar-refractivity contribution in [1.29, 1.82) is 0 Å². The number of methoxy groups -OCH3 is 1. The lowest BCUT2D eigenvalue weighted by atomic mass is 9.88. The number of anilines is 2. The molecule has 1 saturated carbocycles. The molecule has 0 spiro atoms. The Morgan fingerprint density at radius 2 is 1.95 bits per heavy atom. The van der Waals surface area contributed by atoms with Gasteiger partial charge in [0.15, 0.2) is 5.65 Å². The molecule has 1 amide bonds. The number of nitrogens with zero attached hydrogens (tertiary/aromatic N) is 4. The van der Waals surface area contributed by atoms with Gasteiger partial charge in [-0.25, -0.2) is 9.97 Å². The van der Waals surface area contributed by atoms with Gasteiger partial charge in [0.05, 0.1) is 48.7 Å². The van der Waals surface area contributed by atoms with Crippen molar-refractivity contribution in [3.05, 3.63) is 41.6 Å². The van der Waals surface area contributed by atoms with Crippen LogP contribution in [0.25, 0.3) is 22.6 Å². The van der Waals surface area contributed by atoms with Crippen LogP contribution in [-0.4, -0.2) is 84.3 Å². The molecule has 3 aromatic rings. The number of hydrogen-bond acceptors (Lipinski definition) is 8. The molecule has 10 nitrogen and oxygen atoms in total. The Morgan fingerprint density at radius 1 is 1.17 bits per heavy atom. The molecule has 4 N–H and O–H groups in total. The fourth-order valence-electron chi connectivity index (χ4n) is 7.28. The van der Waals surface area contributed by atoms with E-state index in [0.29, 0.717) is 33.7 Å². The highest BCUT2D eigenvalue weighted by atomic mass is 35.5. The number of allylic oxidation sites excluding steroid dienone is 1. The van der Waals surface area contributed by atoms with E-state index in [1.165, 1.54) is 0 Å². The van der Waals surface area contributed by atoms with Gasteiger partial charge in [-0.15, -0.1) is 0 Å². The number of piperidine rings is 1. The minimum Gasteiger partial charge on any atom is -0.496 e. The molecule has 7 rings (SSSR count). The van der Waals surface area contributed by atoms with Crippen molar-refractivity contribution in [2.24, 2.45) is 23.5 Å². The number of carbonyl (C=O) groups excluding carboxylic acids is 1. The maximum absolute atomic E-state index is 12.3. The molecule has 0 unspecified atom stereocenters. The second-order valence-electron chi connectivity index (χ2n) is 11.6. The van der Waals surface area contributed by atoms with Gasteiger partial charge < -0.3 is 30.4 Å². The number of carbonyl (C=O) groups is 1. The normalized spacial score (nSPS) is 26.6. The molecule has 1 aromatic carbocycles. The standard InChI is InChI=1S/C30H36ClN7O3/c1-40-23-15-20(37-8-6-19(7-9-37)38-10-12-41-13-11-38)4-5-21(23)29-35-27-26(22(31)16-33-30(27)36-29)34-25-18-3-2-17(14-18)24(25)28(32)39/h2-5,15-19,24-25H,6-14H2,1H3,(H2,32,39)(H2,33,34,35,36)/t17-,18-,24+,25-/m1/s1. The van der Waals surface area contributed by atoms with Crippen molar-refractivity contribution in [2.45, 2.75) is 31.3 Å². The lowest BCUT2D eigenvalue weighted by molar-refractivity contribution is -0.122. The van der Waals surface area contributed by atoms with Gasteiger partial charge in [-0.3, -0.25) is 9.69 Å². The first-order valence-corrected chi connectivity index (χ1v) is 14.9. The van der Waals surface area contributed by atoms with E-state index in [4.69, 9.17) is 31.8 Å². The van der Waals surface area contributed by atoms with E-state index in [1.807, 2.05) is 0 Å². The van der Waals surface area contributed by atoms with E-state index in [-0.39, 0.29) is 29.7 Å². The van der Waals surface area contributed by atoms with Crippen LogP contribution in [0.3, 0.4) is 0 Å². The van der Waals surface area contributed by atoms with Crippen molar-refractivity contribution in [3.63, 3.8) is 0 Å². The summed E-state index contributed by atoms with van der Waals surface area (Å²) >= 11 is 6.65. The third-order valence-corrected chi connectivity index (χ3v) is 9.69. The zero-order valence-electron chi connectivity index (χ0n) is 23.2. The number of primary amides is 1. The zero-order valence-corrected chi connectivity index (χ0v) is 23.9. The molecule has 3 fully saturated rings. The number of ether oxygens (including phenoxy) is 2. The van der Waals surface area contributed by atoms with Crippen LogP contribution in [0.15, 0.2) is 36.5 Å².